The van der Waals surface area contributed by atoms with Gasteiger partial charge in [-0.1, -0.05) is 12.1 Å². The molecule has 132 valence electrons. The number of benzene rings is 1. The maximum atomic E-state index is 12.0. The molecule has 0 fully saturated rings. The Kier molecular flexibility index (Phi) is 6.11. The van der Waals surface area contributed by atoms with Crippen molar-refractivity contribution < 1.29 is 27.5 Å². The largest absolute Gasteiger partial charge is 0.411 e. The van der Waals surface area contributed by atoms with Crippen LogP contribution in [0.1, 0.15) is 6.92 Å². The van der Waals surface area contributed by atoms with Crippen LogP contribution in [0, 0.1) is 0 Å². The van der Waals surface area contributed by atoms with Crippen molar-refractivity contribution in [3.05, 3.63) is 24.3 Å². The van der Waals surface area contributed by atoms with Crippen molar-refractivity contribution in [1.82, 2.24) is 5.32 Å². The molecule has 9 heteroatoms. The van der Waals surface area contributed by atoms with E-state index in [4.69, 9.17) is 0 Å². The molecule has 1 aliphatic rings. The molecule has 0 saturated carbocycles. The third-order valence-corrected chi connectivity index (χ3v) is 4.20. The third-order valence-electron chi connectivity index (χ3n) is 3.15. The molecule has 1 atom stereocenters. The summed E-state index contributed by atoms with van der Waals surface area (Å²) < 4.78 is 40.5. The van der Waals surface area contributed by atoms with E-state index in [0.717, 1.165) is 4.90 Å². The molecule has 1 heterocycles. The summed E-state index contributed by atoms with van der Waals surface area (Å²) in [6.45, 7) is -0.260. The molecular formula is C15H17F3N2O3S. The number of hydrogen-bond donors (Lipinski definition) is 1. The van der Waals surface area contributed by atoms with E-state index < -0.39 is 24.7 Å². The molecule has 1 unspecified atom stereocenters. The molecule has 0 bridgehead atoms. The number of carbonyl (C=O) groups is 2. The van der Waals surface area contributed by atoms with Gasteiger partial charge in [0.15, 0.2) is 0 Å². The fourth-order valence-corrected chi connectivity index (χ4v) is 3.12. The van der Waals surface area contributed by atoms with E-state index in [1.165, 1.54) is 23.6 Å². The van der Waals surface area contributed by atoms with Crippen molar-refractivity contribution in [3.63, 3.8) is 0 Å². The van der Waals surface area contributed by atoms with Crippen LogP contribution < -0.4 is 10.2 Å². The van der Waals surface area contributed by atoms with Crippen molar-refractivity contribution in [1.29, 1.82) is 0 Å². The summed E-state index contributed by atoms with van der Waals surface area (Å²) in [5, 5.41) is 2.53. The Morgan fingerprint density at radius 3 is 2.83 bits per heavy atom. The van der Waals surface area contributed by atoms with Gasteiger partial charge in [-0.25, -0.2) is 0 Å². The molecule has 2 rings (SSSR count). The highest BCUT2D eigenvalue weighted by Crippen LogP contribution is 2.34. The fraction of sp³-hybridized carbons (Fsp3) is 0.467. The molecule has 5 nitrogen and oxygen atoms in total. The van der Waals surface area contributed by atoms with Crippen molar-refractivity contribution >= 4 is 29.3 Å². The minimum atomic E-state index is -4.40. The zero-order chi connectivity index (χ0) is 17.7. The highest BCUT2D eigenvalue weighted by Gasteiger charge is 2.28. The summed E-state index contributed by atoms with van der Waals surface area (Å²) in [5.41, 5.74) is 0.662. The monoisotopic (exact) mass is 362 g/mol. The van der Waals surface area contributed by atoms with Crippen LogP contribution in [0.4, 0.5) is 18.9 Å². The lowest BCUT2D eigenvalue weighted by atomic mass is 10.2. The number of rotatable bonds is 6. The van der Waals surface area contributed by atoms with Crippen LogP contribution >= 0.6 is 11.8 Å². The first-order valence-electron chi connectivity index (χ1n) is 7.22. The molecule has 1 N–H and O–H groups in total. The van der Waals surface area contributed by atoms with E-state index in [1.807, 2.05) is 12.1 Å². The van der Waals surface area contributed by atoms with Crippen LogP contribution in [0.15, 0.2) is 29.2 Å². The highest BCUT2D eigenvalue weighted by atomic mass is 32.2. The number of para-hydroxylation sites is 1. The van der Waals surface area contributed by atoms with E-state index in [9.17, 15) is 22.8 Å². The molecule has 0 saturated heterocycles. The van der Waals surface area contributed by atoms with Crippen LogP contribution in [0.3, 0.4) is 0 Å². The van der Waals surface area contributed by atoms with E-state index in [1.54, 1.807) is 12.1 Å². The smallest absolute Gasteiger partial charge is 0.370 e. The van der Waals surface area contributed by atoms with E-state index in [0.29, 0.717) is 5.69 Å². The van der Waals surface area contributed by atoms with Gasteiger partial charge in [0.1, 0.15) is 13.2 Å². The van der Waals surface area contributed by atoms with Crippen molar-refractivity contribution in [2.75, 3.05) is 30.4 Å². The quantitative estimate of drug-likeness (QED) is 0.843. The summed E-state index contributed by atoms with van der Waals surface area (Å²) in [6, 6.07) is 6.65. The molecule has 0 spiro atoms. The number of alkyl halides is 3. The van der Waals surface area contributed by atoms with Gasteiger partial charge < -0.3 is 15.0 Å². The van der Waals surface area contributed by atoms with Gasteiger partial charge in [0.2, 0.25) is 11.8 Å². The van der Waals surface area contributed by atoms with Gasteiger partial charge in [-0.05, 0) is 19.1 Å². The van der Waals surface area contributed by atoms with Crippen LogP contribution in [0.5, 0.6) is 0 Å². The summed E-state index contributed by atoms with van der Waals surface area (Å²) in [6.07, 6.45) is -4.40. The number of nitrogens with one attached hydrogen (secondary N) is 1. The normalized spacial score (nSPS) is 15.8. The predicted octanol–water partition coefficient (Wildman–Crippen LogP) is 2.21. The van der Waals surface area contributed by atoms with Gasteiger partial charge in [0.25, 0.3) is 0 Å². The maximum Gasteiger partial charge on any atom is 0.411 e. The van der Waals surface area contributed by atoms with Gasteiger partial charge in [-0.2, -0.15) is 13.2 Å². The maximum absolute atomic E-state index is 12.0. The second-order valence-corrected chi connectivity index (χ2v) is 6.35. The van der Waals surface area contributed by atoms with Crippen molar-refractivity contribution in [3.8, 4) is 0 Å². The second kappa shape index (κ2) is 7.89. The van der Waals surface area contributed by atoms with Gasteiger partial charge in [-0.15, -0.1) is 11.8 Å². The van der Waals surface area contributed by atoms with Crippen molar-refractivity contribution in [2.45, 2.75) is 24.0 Å². The Morgan fingerprint density at radius 2 is 2.12 bits per heavy atom. The first-order valence-corrected chi connectivity index (χ1v) is 8.21. The topological polar surface area (TPSA) is 58.6 Å². The minimum absolute atomic E-state index is 0.181. The first kappa shape index (κ1) is 18.6. The van der Waals surface area contributed by atoms with E-state index in [2.05, 4.69) is 10.1 Å². The molecule has 2 amide bonds. The number of hydrogen-bond acceptors (Lipinski definition) is 4. The van der Waals surface area contributed by atoms with Gasteiger partial charge in [0.05, 0.1) is 18.0 Å². The summed E-state index contributed by atoms with van der Waals surface area (Å²) >= 11 is 1.41. The number of ether oxygens (including phenoxy) is 1. The van der Waals surface area contributed by atoms with Crippen LogP contribution in [0.2, 0.25) is 0 Å². The Bertz CT molecular complexity index is 610. The molecule has 24 heavy (non-hydrogen) atoms. The zero-order valence-corrected chi connectivity index (χ0v) is 13.7. The standard InChI is InChI=1S/C15H17F3N2O3S/c1-10(7-23-9-15(16,17)18)19-13(21)6-20-11-4-2-3-5-12(11)24-8-14(20)22/h2-5,10H,6-9H2,1H3,(H,19,21). The first-order chi connectivity index (χ1) is 11.3. The van der Waals surface area contributed by atoms with Crippen LogP contribution in [0.25, 0.3) is 0 Å². The lowest BCUT2D eigenvalue weighted by molar-refractivity contribution is -0.175. The van der Waals surface area contributed by atoms with Gasteiger partial charge in [0, 0.05) is 10.9 Å². The number of halogens is 3. The average molecular weight is 362 g/mol. The molecule has 0 aromatic heterocycles. The number of nitrogens with zero attached hydrogens (tertiary/aromatic N) is 1. The minimum Gasteiger partial charge on any atom is -0.370 e. The molecular weight excluding hydrogens is 345 g/mol. The van der Waals surface area contributed by atoms with Crippen LogP contribution in [-0.2, 0) is 14.3 Å². The number of thioether (sulfide) groups is 1. The Balaban J connectivity index is 1.87. The lowest BCUT2D eigenvalue weighted by Gasteiger charge is -2.28. The number of fused-ring (bicyclic) bond motifs is 1. The molecule has 0 aliphatic carbocycles. The Hall–Kier alpha value is -1.74. The summed E-state index contributed by atoms with van der Waals surface area (Å²) in [5.74, 6) is -0.392. The molecule has 1 aromatic rings. The predicted molar refractivity (Wildman–Crippen MR) is 84.0 cm³/mol. The Labute approximate surface area is 141 Å². The summed E-state index contributed by atoms with van der Waals surface area (Å²) in [7, 11) is 0. The van der Waals surface area contributed by atoms with E-state index >= 15 is 0 Å². The molecule has 1 aliphatic heterocycles. The molecule has 0 radical (unpaired) electrons. The van der Waals surface area contributed by atoms with Gasteiger partial charge >= 0.3 is 6.18 Å². The van der Waals surface area contributed by atoms with Gasteiger partial charge in [-0.3, -0.25) is 9.59 Å². The number of anilines is 1. The number of amides is 2. The second-order valence-electron chi connectivity index (χ2n) is 5.34. The lowest BCUT2D eigenvalue weighted by Crippen LogP contribution is -2.46. The number of carbonyl (C=O) groups excluding carboxylic acids is 2. The third kappa shape index (κ3) is 5.41. The van der Waals surface area contributed by atoms with Crippen LogP contribution in [-0.4, -0.2) is 49.5 Å². The highest BCUT2D eigenvalue weighted by molar-refractivity contribution is 8.00. The Morgan fingerprint density at radius 1 is 1.42 bits per heavy atom. The van der Waals surface area contributed by atoms with Crippen molar-refractivity contribution in [2.24, 2.45) is 0 Å². The average Bonchev–Trinajstić information content (AvgIpc) is 2.49. The van der Waals surface area contributed by atoms with E-state index in [-0.39, 0.29) is 24.8 Å². The summed E-state index contributed by atoms with van der Waals surface area (Å²) in [4.78, 5) is 26.4. The molecule has 1 aromatic carbocycles. The SMILES string of the molecule is CC(COCC(F)(F)F)NC(=O)CN1C(=O)CSc2ccccc21. The fourth-order valence-electron chi connectivity index (χ4n) is 2.18. The zero-order valence-electron chi connectivity index (χ0n) is 12.9.